The van der Waals surface area contributed by atoms with Gasteiger partial charge in [-0.25, -0.2) is 9.99 Å². The SMILES string of the molecule is C/C=C\C=C(/C)C1CC(c2ccccc2O)=NN1c1ccccn1.C=C.CC. The molecule has 148 valence electrons. The molecule has 1 unspecified atom stereocenters. The Morgan fingerprint density at radius 3 is 2.43 bits per heavy atom. The van der Waals surface area contributed by atoms with Crippen molar-refractivity contribution in [3.05, 3.63) is 91.2 Å². The van der Waals surface area contributed by atoms with Gasteiger partial charge >= 0.3 is 0 Å². The average molecular weight is 378 g/mol. The summed E-state index contributed by atoms with van der Waals surface area (Å²) in [5, 5.41) is 16.9. The first kappa shape index (κ1) is 22.9. The molecular formula is C24H31N3O. The number of phenolic OH excluding ortho intramolecular Hbond substituents is 1. The highest BCUT2D eigenvalue weighted by molar-refractivity contribution is 6.05. The number of hydrogen-bond acceptors (Lipinski definition) is 4. The van der Waals surface area contributed by atoms with E-state index in [1.54, 1.807) is 12.3 Å². The second-order valence-electron chi connectivity index (χ2n) is 5.75. The van der Waals surface area contributed by atoms with E-state index in [2.05, 4.69) is 31.1 Å². The van der Waals surface area contributed by atoms with E-state index < -0.39 is 0 Å². The summed E-state index contributed by atoms with van der Waals surface area (Å²) < 4.78 is 0. The van der Waals surface area contributed by atoms with Crippen LogP contribution < -0.4 is 5.01 Å². The Labute approximate surface area is 169 Å². The number of aromatic nitrogens is 1. The summed E-state index contributed by atoms with van der Waals surface area (Å²) in [7, 11) is 0. The molecule has 0 radical (unpaired) electrons. The Hall–Kier alpha value is -3.14. The van der Waals surface area contributed by atoms with E-state index in [1.165, 1.54) is 5.57 Å². The summed E-state index contributed by atoms with van der Waals surface area (Å²) in [5.74, 6) is 1.06. The number of phenols is 1. The van der Waals surface area contributed by atoms with Crippen molar-refractivity contribution < 1.29 is 5.11 Å². The van der Waals surface area contributed by atoms with E-state index in [0.717, 1.165) is 23.5 Å². The number of allylic oxidation sites excluding steroid dienone is 3. The van der Waals surface area contributed by atoms with Crippen LogP contribution in [-0.4, -0.2) is 21.8 Å². The van der Waals surface area contributed by atoms with E-state index in [-0.39, 0.29) is 11.8 Å². The highest BCUT2D eigenvalue weighted by atomic mass is 16.3. The number of hydrogen-bond donors (Lipinski definition) is 1. The van der Waals surface area contributed by atoms with Crippen LogP contribution in [0.4, 0.5) is 5.82 Å². The zero-order chi connectivity index (χ0) is 20.9. The third-order valence-electron chi connectivity index (χ3n) is 4.09. The molecule has 2 aromatic rings. The third-order valence-corrected chi connectivity index (χ3v) is 4.09. The quantitative estimate of drug-likeness (QED) is 0.516. The predicted molar refractivity (Wildman–Crippen MR) is 121 cm³/mol. The highest BCUT2D eigenvalue weighted by Gasteiger charge is 2.31. The lowest BCUT2D eigenvalue weighted by Crippen LogP contribution is -2.28. The maximum absolute atomic E-state index is 10.2. The molecule has 1 aromatic heterocycles. The maximum atomic E-state index is 10.2. The van der Waals surface area contributed by atoms with Gasteiger partial charge in [-0.2, -0.15) is 5.10 Å². The molecule has 0 saturated heterocycles. The zero-order valence-electron chi connectivity index (χ0n) is 17.3. The largest absolute Gasteiger partial charge is 0.507 e. The molecule has 4 nitrogen and oxygen atoms in total. The van der Waals surface area contributed by atoms with Gasteiger partial charge in [0.05, 0.1) is 11.8 Å². The van der Waals surface area contributed by atoms with E-state index in [9.17, 15) is 5.11 Å². The van der Waals surface area contributed by atoms with Crippen molar-refractivity contribution in [1.29, 1.82) is 0 Å². The Balaban J connectivity index is 0.000000921. The number of hydrazone groups is 1. The van der Waals surface area contributed by atoms with E-state index in [4.69, 9.17) is 5.10 Å². The molecular weight excluding hydrogens is 346 g/mol. The smallest absolute Gasteiger partial charge is 0.149 e. The van der Waals surface area contributed by atoms with Crippen LogP contribution in [-0.2, 0) is 0 Å². The van der Waals surface area contributed by atoms with Crippen LogP contribution in [0.1, 0.15) is 39.7 Å². The van der Waals surface area contributed by atoms with Gasteiger partial charge in [-0.3, -0.25) is 0 Å². The number of nitrogens with zero attached hydrogens (tertiary/aromatic N) is 3. The summed E-state index contributed by atoms with van der Waals surface area (Å²) in [4.78, 5) is 4.44. The Kier molecular flexibility index (Phi) is 10.0. The molecule has 28 heavy (non-hydrogen) atoms. The lowest BCUT2D eigenvalue weighted by molar-refractivity contribution is 0.474. The first-order chi connectivity index (χ1) is 13.7. The maximum Gasteiger partial charge on any atom is 0.149 e. The van der Waals surface area contributed by atoms with Crippen LogP contribution in [0.2, 0.25) is 0 Å². The molecule has 0 spiro atoms. The van der Waals surface area contributed by atoms with Crippen molar-refractivity contribution in [2.75, 3.05) is 5.01 Å². The Bertz CT molecular complexity index is 810. The number of aromatic hydroxyl groups is 1. The minimum Gasteiger partial charge on any atom is -0.507 e. The van der Waals surface area contributed by atoms with Gasteiger partial charge < -0.3 is 5.11 Å². The van der Waals surface area contributed by atoms with Gasteiger partial charge in [-0.15, -0.1) is 13.2 Å². The monoisotopic (exact) mass is 377 g/mol. The molecule has 0 saturated carbocycles. The second kappa shape index (κ2) is 12.3. The number of pyridine rings is 1. The number of anilines is 1. The molecule has 4 heteroatoms. The van der Waals surface area contributed by atoms with Crippen LogP contribution >= 0.6 is 0 Å². The lowest BCUT2D eigenvalue weighted by atomic mass is 9.98. The molecule has 1 atom stereocenters. The van der Waals surface area contributed by atoms with E-state index in [0.29, 0.717) is 0 Å². The van der Waals surface area contributed by atoms with Crippen LogP contribution in [0, 0.1) is 0 Å². The summed E-state index contributed by atoms with van der Waals surface area (Å²) in [6.07, 6.45) is 8.64. The number of rotatable bonds is 4. The highest BCUT2D eigenvalue weighted by Crippen LogP contribution is 2.31. The van der Waals surface area contributed by atoms with Gasteiger partial charge in [-0.05, 0) is 43.7 Å². The average Bonchev–Trinajstić information content (AvgIpc) is 3.21. The minimum absolute atomic E-state index is 0.0886. The fraction of sp³-hybridized carbons (Fsp3) is 0.250. The van der Waals surface area contributed by atoms with Gasteiger partial charge in [0.2, 0.25) is 0 Å². The minimum atomic E-state index is 0.0886. The second-order valence-corrected chi connectivity index (χ2v) is 5.75. The van der Waals surface area contributed by atoms with Crippen LogP contribution in [0.25, 0.3) is 0 Å². The van der Waals surface area contributed by atoms with Crippen molar-refractivity contribution in [2.45, 2.75) is 40.2 Å². The fourth-order valence-corrected chi connectivity index (χ4v) is 2.80. The fourth-order valence-electron chi connectivity index (χ4n) is 2.80. The molecule has 0 amide bonds. The van der Waals surface area contributed by atoms with Gasteiger partial charge in [0.15, 0.2) is 0 Å². The van der Waals surface area contributed by atoms with Crippen LogP contribution in [0.5, 0.6) is 5.75 Å². The van der Waals surface area contributed by atoms with Crippen molar-refractivity contribution in [2.24, 2.45) is 5.10 Å². The third kappa shape index (κ3) is 5.68. The zero-order valence-corrected chi connectivity index (χ0v) is 17.3. The molecule has 0 bridgehead atoms. The molecule has 1 aliphatic heterocycles. The van der Waals surface area contributed by atoms with Crippen LogP contribution in [0.15, 0.2) is 90.7 Å². The lowest BCUT2D eigenvalue weighted by Gasteiger charge is -2.23. The van der Waals surface area contributed by atoms with E-state index >= 15 is 0 Å². The van der Waals surface area contributed by atoms with Crippen molar-refractivity contribution in [3.8, 4) is 5.75 Å². The first-order valence-corrected chi connectivity index (χ1v) is 9.56. The van der Waals surface area contributed by atoms with Crippen molar-refractivity contribution in [1.82, 2.24) is 4.98 Å². The summed E-state index contributed by atoms with van der Waals surface area (Å²) in [6, 6.07) is 13.2. The van der Waals surface area contributed by atoms with Crippen molar-refractivity contribution >= 4 is 11.5 Å². The van der Waals surface area contributed by atoms with Gasteiger partial charge in [0.1, 0.15) is 11.6 Å². The Morgan fingerprint density at radius 2 is 1.82 bits per heavy atom. The molecule has 1 aliphatic rings. The molecule has 3 rings (SSSR count). The van der Waals surface area contributed by atoms with Crippen molar-refractivity contribution in [3.63, 3.8) is 0 Å². The summed E-state index contributed by atoms with van der Waals surface area (Å²) >= 11 is 0. The van der Waals surface area contributed by atoms with Crippen LogP contribution in [0.3, 0.4) is 0 Å². The first-order valence-electron chi connectivity index (χ1n) is 9.56. The summed E-state index contributed by atoms with van der Waals surface area (Å²) in [5.41, 5.74) is 2.85. The number of benzene rings is 1. The molecule has 1 aromatic carbocycles. The van der Waals surface area contributed by atoms with Gasteiger partial charge in [-0.1, -0.05) is 50.3 Å². The standard InChI is InChI=1S/C20H21N3O.C2H6.C2H4/c1-3-4-9-15(2)18-14-17(16-10-5-6-11-19(16)24)22-23(18)20-12-7-8-13-21-20;2*1-2/h3-13,18,24H,14H2,1-2H3;1-2H3;1-2H2/b4-3-,15-9+;;. The normalized spacial score (nSPS) is 16.0. The molecule has 0 aliphatic carbocycles. The topological polar surface area (TPSA) is 48.7 Å². The van der Waals surface area contributed by atoms with E-state index in [1.807, 2.05) is 74.3 Å². The van der Waals surface area contributed by atoms with Gasteiger partial charge in [0.25, 0.3) is 0 Å². The molecule has 0 fully saturated rings. The van der Waals surface area contributed by atoms with Gasteiger partial charge in [0, 0.05) is 18.2 Å². The predicted octanol–water partition coefficient (Wildman–Crippen LogP) is 6.12. The number of para-hydroxylation sites is 1. The molecule has 1 N–H and O–H groups in total. The summed E-state index contributed by atoms with van der Waals surface area (Å²) in [6.45, 7) is 14.1. The Morgan fingerprint density at radius 1 is 1.14 bits per heavy atom. The molecule has 2 heterocycles.